The molecule has 31 heavy (non-hydrogen) atoms. The Kier molecular flexibility index (Phi) is 5.88. The van der Waals surface area contributed by atoms with Crippen LogP contribution in [0.25, 0.3) is 22.3 Å². The van der Waals surface area contributed by atoms with Crippen molar-refractivity contribution in [1.82, 2.24) is 24.8 Å². The first-order valence-corrected chi connectivity index (χ1v) is 11.5. The minimum atomic E-state index is 0.323. The molecule has 6 nitrogen and oxygen atoms in total. The van der Waals surface area contributed by atoms with Gasteiger partial charge >= 0.3 is 0 Å². The minimum Gasteiger partial charge on any atom is -0.367 e. The van der Waals surface area contributed by atoms with Crippen LogP contribution in [0.5, 0.6) is 0 Å². The Morgan fingerprint density at radius 2 is 1.87 bits per heavy atom. The van der Waals surface area contributed by atoms with E-state index in [9.17, 15) is 0 Å². The van der Waals surface area contributed by atoms with E-state index in [-0.39, 0.29) is 0 Å². The topological polar surface area (TPSA) is 57.2 Å². The summed E-state index contributed by atoms with van der Waals surface area (Å²) < 4.78 is 0. The van der Waals surface area contributed by atoms with Crippen LogP contribution >= 0.6 is 11.3 Å². The van der Waals surface area contributed by atoms with Crippen LogP contribution < -0.4 is 5.32 Å². The third kappa shape index (κ3) is 4.44. The monoisotopic (exact) mass is 430 g/mol. The molecule has 1 aromatic carbocycles. The Bertz CT molecular complexity index is 1120. The highest BCUT2D eigenvalue weighted by molar-refractivity contribution is 7.10. The van der Waals surface area contributed by atoms with E-state index in [1.165, 1.54) is 4.88 Å². The number of anilines is 1. The zero-order valence-corrected chi connectivity index (χ0v) is 18.4. The van der Waals surface area contributed by atoms with Gasteiger partial charge in [0.25, 0.3) is 0 Å². The SMILES string of the molecule is CN1CCN([C@H](CNc2nc(-c3cccnc3)nc3ccccc23)c2cccs2)CC1. The third-order valence-corrected chi connectivity index (χ3v) is 6.81. The second-order valence-electron chi connectivity index (χ2n) is 7.91. The van der Waals surface area contributed by atoms with Crippen molar-refractivity contribution in [2.24, 2.45) is 0 Å². The molecule has 1 atom stereocenters. The lowest BCUT2D eigenvalue weighted by molar-refractivity contribution is 0.118. The van der Waals surface area contributed by atoms with E-state index in [2.05, 4.69) is 50.7 Å². The van der Waals surface area contributed by atoms with Gasteiger partial charge in [-0.2, -0.15) is 0 Å². The van der Waals surface area contributed by atoms with Crippen LogP contribution in [-0.4, -0.2) is 64.5 Å². The highest BCUT2D eigenvalue weighted by Gasteiger charge is 2.25. The molecule has 7 heteroatoms. The largest absolute Gasteiger partial charge is 0.367 e. The van der Waals surface area contributed by atoms with Crippen molar-refractivity contribution in [2.75, 3.05) is 45.1 Å². The second kappa shape index (κ2) is 9.09. The summed E-state index contributed by atoms with van der Waals surface area (Å²) in [6.07, 6.45) is 3.58. The third-order valence-electron chi connectivity index (χ3n) is 5.84. The number of fused-ring (bicyclic) bond motifs is 1. The Morgan fingerprint density at radius 3 is 2.65 bits per heavy atom. The van der Waals surface area contributed by atoms with Crippen molar-refractivity contribution in [3.05, 3.63) is 71.2 Å². The van der Waals surface area contributed by atoms with Gasteiger partial charge in [0.2, 0.25) is 0 Å². The molecule has 1 fully saturated rings. The molecular weight excluding hydrogens is 404 g/mol. The van der Waals surface area contributed by atoms with Crippen molar-refractivity contribution in [2.45, 2.75) is 6.04 Å². The Hall–Kier alpha value is -2.87. The summed E-state index contributed by atoms with van der Waals surface area (Å²) in [6, 6.07) is 16.8. The normalized spacial score (nSPS) is 16.4. The molecule has 4 heterocycles. The maximum atomic E-state index is 4.90. The molecule has 1 aliphatic heterocycles. The quantitative estimate of drug-likeness (QED) is 0.496. The number of likely N-dealkylation sites (N-methyl/N-ethyl adjacent to an activating group) is 1. The average Bonchev–Trinajstić information content (AvgIpc) is 3.35. The van der Waals surface area contributed by atoms with Gasteiger partial charge in [0.05, 0.1) is 11.6 Å². The lowest BCUT2D eigenvalue weighted by Gasteiger charge is -2.37. The smallest absolute Gasteiger partial charge is 0.163 e. The maximum Gasteiger partial charge on any atom is 0.163 e. The Labute approximate surface area is 186 Å². The fourth-order valence-corrected chi connectivity index (χ4v) is 4.91. The molecule has 4 aromatic rings. The van der Waals surface area contributed by atoms with Crippen LogP contribution in [0.4, 0.5) is 5.82 Å². The molecule has 0 saturated carbocycles. The molecule has 0 amide bonds. The number of nitrogens with zero attached hydrogens (tertiary/aromatic N) is 5. The van der Waals surface area contributed by atoms with E-state index in [1.807, 2.05) is 47.9 Å². The van der Waals surface area contributed by atoms with Gasteiger partial charge in [0.15, 0.2) is 5.82 Å². The summed E-state index contributed by atoms with van der Waals surface area (Å²) in [7, 11) is 2.20. The summed E-state index contributed by atoms with van der Waals surface area (Å²) in [5, 5.41) is 6.88. The van der Waals surface area contributed by atoms with Crippen molar-refractivity contribution in [3.8, 4) is 11.4 Å². The number of hydrogen-bond donors (Lipinski definition) is 1. The van der Waals surface area contributed by atoms with E-state index >= 15 is 0 Å². The highest BCUT2D eigenvalue weighted by atomic mass is 32.1. The minimum absolute atomic E-state index is 0.323. The van der Waals surface area contributed by atoms with Gasteiger partial charge < -0.3 is 10.2 Å². The summed E-state index contributed by atoms with van der Waals surface area (Å²) in [5.41, 5.74) is 1.86. The molecule has 0 spiro atoms. The number of pyridine rings is 1. The van der Waals surface area contributed by atoms with Crippen LogP contribution in [0.1, 0.15) is 10.9 Å². The van der Waals surface area contributed by atoms with Crippen molar-refractivity contribution in [3.63, 3.8) is 0 Å². The van der Waals surface area contributed by atoms with Crippen molar-refractivity contribution < 1.29 is 0 Å². The zero-order valence-electron chi connectivity index (χ0n) is 17.6. The van der Waals surface area contributed by atoms with Crippen LogP contribution in [0.15, 0.2) is 66.3 Å². The van der Waals surface area contributed by atoms with Crippen molar-refractivity contribution >= 4 is 28.1 Å². The van der Waals surface area contributed by atoms with E-state index in [0.29, 0.717) is 11.9 Å². The number of thiophene rings is 1. The molecule has 1 N–H and O–H groups in total. The fourth-order valence-electron chi connectivity index (χ4n) is 4.05. The van der Waals surface area contributed by atoms with Crippen LogP contribution in [-0.2, 0) is 0 Å². The fraction of sp³-hybridized carbons (Fsp3) is 0.292. The Balaban J connectivity index is 1.46. The first-order valence-electron chi connectivity index (χ1n) is 10.6. The second-order valence-corrected chi connectivity index (χ2v) is 8.89. The number of nitrogens with one attached hydrogen (secondary N) is 1. The van der Waals surface area contributed by atoms with Gasteiger partial charge in [-0.15, -0.1) is 11.3 Å². The number of para-hydroxylation sites is 1. The molecule has 1 saturated heterocycles. The number of rotatable bonds is 6. The Morgan fingerprint density at radius 1 is 1.00 bits per heavy atom. The molecule has 0 bridgehead atoms. The lowest BCUT2D eigenvalue weighted by atomic mass is 10.1. The standard InChI is InChI=1S/C24H26N6S/c1-29-11-13-30(14-12-29)21(22-9-5-15-31-22)17-26-24-19-7-2-3-8-20(19)27-23(28-24)18-6-4-10-25-16-18/h2-10,15-16,21H,11-14,17H2,1H3,(H,26,27,28)/t21-/m1/s1. The molecule has 1 aliphatic rings. The molecular formula is C24H26N6S. The first kappa shape index (κ1) is 20.1. The van der Waals surface area contributed by atoms with Gasteiger partial charge in [-0.3, -0.25) is 9.88 Å². The summed E-state index contributed by atoms with van der Waals surface area (Å²) in [6.45, 7) is 5.16. The van der Waals surface area contributed by atoms with Gasteiger partial charge in [-0.25, -0.2) is 9.97 Å². The predicted molar refractivity (Wildman–Crippen MR) is 127 cm³/mol. The first-order chi connectivity index (χ1) is 15.3. The van der Waals surface area contributed by atoms with Gasteiger partial charge in [0.1, 0.15) is 5.82 Å². The summed E-state index contributed by atoms with van der Waals surface area (Å²) in [5.74, 6) is 1.57. The summed E-state index contributed by atoms with van der Waals surface area (Å²) >= 11 is 1.83. The van der Waals surface area contributed by atoms with Crippen LogP contribution in [0.3, 0.4) is 0 Å². The number of aromatic nitrogens is 3. The van der Waals surface area contributed by atoms with E-state index in [1.54, 1.807) is 6.20 Å². The highest BCUT2D eigenvalue weighted by Crippen LogP contribution is 2.29. The zero-order chi connectivity index (χ0) is 21.0. The number of benzene rings is 1. The summed E-state index contributed by atoms with van der Waals surface area (Å²) in [4.78, 5) is 20.3. The molecule has 0 unspecified atom stereocenters. The average molecular weight is 431 g/mol. The van der Waals surface area contributed by atoms with Gasteiger partial charge in [0, 0.05) is 60.9 Å². The van der Waals surface area contributed by atoms with Gasteiger partial charge in [-0.05, 0) is 42.8 Å². The maximum absolute atomic E-state index is 4.90. The van der Waals surface area contributed by atoms with E-state index in [0.717, 1.165) is 55.0 Å². The molecule has 0 radical (unpaired) electrons. The lowest BCUT2D eigenvalue weighted by Crippen LogP contribution is -2.47. The molecule has 3 aromatic heterocycles. The number of hydrogen-bond acceptors (Lipinski definition) is 7. The number of piperazine rings is 1. The predicted octanol–water partition coefficient (Wildman–Crippen LogP) is 4.15. The van der Waals surface area contributed by atoms with Crippen LogP contribution in [0, 0.1) is 0 Å². The molecule has 5 rings (SSSR count). The van der Waals surface area contributed by atoms with E-state index < -0.39 is 0 Å². The molecule has 158 valence electrons. The molecule has 0 aliphatic carbocycles. The van der Waals surface area contributed by atoms with Gasteiger partial charge in [-0.1, -0.05) is 18.2 Å². The van der Waals surface area contributed by atoms with Crippen LogP contribution in [0.2, 0.25) is 0 Å². The van der Waals surface area contributed by atoms with Crippen molar-refractivity contribution in [1.29, 1.82) is 0 Å². The van der Waals surface area contributed by atoms with E-state index in [4.69, 9.17) is 9.97 Å².